The predicted molar refractivity (Wildman–Crippen MR) is 105 cm³/mol. The first kappa shape index (κ1) is 15.7. The normalized spacial score (nSPS) is 12.6. The minimum atomic E-state index is 0.194. The number of amidine groups is 2. The van der Waals surface area contributed by atoms with Gasteiger partial charge in [0, 0.05) is 10.8 Å². The highest BCUT2D eigenvalue weighted by molar-refractivity contribution is 6.00. The van der Waals surface area contributed by atoms with Crippen molar-refractivity contribution in [1.29, 1.82) is 0 Å². The van der Waals surface area contributed by atoms with Crippen molar-refractivity contribution in [3.63, 3.8) is 0 Å². The molecular formula is C20H16N6. The van der Waals surface area contributed by atoms with Crippen molar-refractivity contribution >= 4 is 33.5 Å². The lowest BCUT2D eigenvalue weighted by molar-refractivity contribution is 1.18. The molecule has 0 amide bonds. The van der Waals surface area contributed by atoms with E-state index >= 15 is 0 Å². The molecule has 4 aromatic rings. The van der Waals surface area contributed by atoms with Crippen LogP contribution < -0.4 is 11.5 Å². The van der Waals surface area contributed by atoms with Gasteiger partial charge < -0.3 is 11.5 Å². The van der Waals surface area contributed by atoms with Gasteiger partial charge in [0.05, 0.1) is 11.0 Å². The van der Waals surface area contributed by atoms with E-state index in [1.54, 1.807) is 12.1 Å². The first-order chi connectivity index (χ1) is 12.7. The number of pyridine rings is 2. The van der Waals surface area contributed by atoms with Crippen LogP contribution >= 0.6 is 0 Å². The Morgan fingerprint density at radius 3 is 1.46 bits per heavy atom. The van der Waals surface area contributed by atoms with Gasteiger partial charge in [-0.25, -0.2) is 9.97 Å². The third-order valence-corrected chi connectivity index (χ3v) is 3.99. The second kappa shape index (κ2) is 6.60. The summed E-state index contributed by atoms with van der Waals surface area (Å²) in [6.45, 7) is 0. The molecule has 2 heterocycles. The van der Waals surface area contributed by atoms with E-state index in [0.717, 1.165) is 21.8 Å². The zero-order chi connectivity index (χ0) is 17.9. The molecule has 0 bridgehead atoms. The molecule has 4 rings (SSSR count). The van der Waals surface area contributed by atoms with Crippen molar-refractivity contribution in [2.45, 2.75) is 0 Å². The number of nitrogens with zero attached hydrogens (tertiary/aromatic N) is 4. The number of benzene rings is 2. The van der Waals surface area contributed by atoms with Crippen LogP contribution in [0.15, 0.2) is 83.0 Å². The van der Waals surface area contributed by atoms with Crippen LogP contribution in [0, 0.1) is 0 Å². The topological polar surface area (TPSA) is 103 Å². The number of fused-ring (bicyclic) bond motifs is 2. The summed E-state index contributed by atoms with van der Waals surface area (Å²) >= 11 is 0. The van der Waals surface area contributed by atoms with Crippen molar-refractivity contribution in [2.24, 2.45) is 21.7 Å². The molecule has 26 heavy (non-hydrogen) atoms. The summed E-state index contributed by atoms with van der Waals surface area (Å²) in [5.74, 6) is 0.388. The second-order valence-corrected chi connectivity index (χ2v) is 5.75. The molecule has 2 aromatic heterocycles. The molecule has 0 saturated carbocycles. The molecule has 0 radical (unpaired) electrons. The maximum atomic E-state index is 6.01. The number of aromatic nitrogens is 2. The Labute approximate surface area is 149 Å². The summed E-state index contributed by atoms with van der Waals surface area (Å²) < 4.78 is 0. The zero-order valence-electron chi connectivity index (χ0n) is 13.9. The molecule has 4 N–H and O–H groups in total. The number of hydrogen-bond donors (Lipinski definition) is 2. The highest BCUT2D eigenvalue weighted by Gasteiger charge is 2.04. The molecule has 0 aliphatic heterocycles. The van der Waals surface area contributed by atoms with E-state index in [-0.39, 0.29) is 11.7 Å². The number of rotatable bonds is 3. The van der Waals surface area contributed by atoms with Crippen LogP contribution in [0.1, 0.15) is 11.4 Å². The Morgan fingerprint density at radius 2 is 1.00 bits per heavy atom. The van der Waals surface area contributed by atoms with Crippen LogP contribution in [0.4, 0.5) is 0 Å². The summed E-state index contributed by atoms with van der Waals surface area (Å²) in [6, 6.07) is 23.1. The highest BCUT2D eigenvalue weighted by atomic mass is 15.3. The molecule has 6 nitrogen and oxygen atoms in total. The maximum absolute atomic E-state index is 6.01. The summed E-state index contributed by atoms with van der Waals surface area (Å²) in [5.41, 5.74) is 14.8. The fraction of sp³-hybridized carbons (Fsp3) is 0. The van der Waals surface area contributed by atoms with Gasteiger partial charge in [0.25, 0.3) is 0 Å². The second-order valence-electron chi connectivity index (χ2n) is 5.75. The van der Waals surface area contributed by atoms with Crippen LogP contribution in [0.25, 0.3) is 21.8 Å². The maximum Gasteiger partial charge on any atom is 0.172 e. The van der Waals surface area contributed by atoms with E-state index in [2.05, 4.69) is 20.2 Å². The van der Waals surface area contributed by atoms with Crippen molar-refractivity contribution in [3.8, 4) is 0 Å². The Hall–Kier alpha value is -3.80. The number of para-hydroxylation sites is 2. The van der Waals surface area contributed by atoms with Crippen LogP contribution in [-0.4, -0.2) is 21.6 Å². The minimum Gasteiger partial charge on any atom is -0.380 e. The molecule has 0 fully saturated rings. The smallest absolute Gasteiger partial charge is 0.172 e. The lowest BCUT2D eigenvalue weighted by atomic mass is 10.2. The van der Waals surface area contributed by atoms with Gasteiger partial charge in [0.1, 0.15) is 11.4 Å². The largest absolute Gasteiger partial charge is 0.380 e. The van der Waals surface area contributed by atoms with E-state index < -0.39 is 0 Å². The zero-order valence-corrected chi connectivity index (χ0v) is 13.9. The van der Waals surface area contributed by atoms with E-state index in [4.69, 9.17) is 11.5 Å². The molecular weight excluding hydrogens is 324 g/mol. The quantitative estimate of drug-likeness (QED) is 0.340. The van der Waals surface area contributed by atoms with E-state index in [1.165, 1.54) is 0 Å². The van der Waals surface area contributed by atoms with Gasteiger partial charge in [0.2, 0.25) is 0 Å². The fourth-order valence-corrected chi connectivity index (χ4v) is 2.63. The van der Waals surface area contributed by atoms with Crippen molar-refractivity contribution in [3.05, 3.63) is 84.2 Å². The SMILES string of the molecule is N/C(=N\N=C(/N)c1ccc2ccccc2n1)c1ccc2ccccc2n1. The van der Waals surface area contributed by atoms with Gasteiger partial charge in [0.15, 0.2) is 11.7 Å². The van der Waals surface area contributed by atoms with Crippen LogP contribution in [-0.2, 0) is 0 Å². The molecule has 0 saturated heterocycles. The van der Waals surface area contributed by atoms with Gasteiger partial charge >= 0.3 is 0 Å². The summed E-state index contributed by atoms with van der Waals surface area (Å²) in [5, 5.41) is 10.1. The molecule has 0 aliphatic rings. The van der Waals surface area contributed by atoms with Gasteiger partial charge in [-0.3, -0.25) is 0 Å². The average Bonchev–Trinajstić information content (AvgIpc) is 2.71. The van der Waals surface area contributed by atoms with Gasteiger partial charge in [-0.1, -0.05) is 48.5 Å². The van der Waals surface area contributed by atoms with Crippen LogP contribution in [0.2, 0.25) is 0 Å². The summed E-state index contributed by atoms with van der Waals surface area (Å²) in [6.07, 6.45) is 0. The lowest BCUT2D eigenvalue weighted by Crippen LogP contribution is -2.18. The Kier molecular flexibility index (Phi) is 3.99. The summed E-state index contributed by atoms with van der Waals surface area (Å²) in [4.78, 5) is 8.97. The molecule has 126 valence electrons. The first-order valence-electron chi connectivity index (χ1n) is 8.10. The molecule has 6 heteroatoms. The van der Waals surface area contributed by atoms with Crippen LogP contribution in [0.5, 0.6) is 0 Å². The third kappa shape index (κ3) is 3.08. The molecule has 0 unspecified atom stereocenters. The van der Waals surface area contributed by atoms with E-state index in [9.17, 15) is 0 Å². The molecule has 2 aromatic carbocycles. The standard InChI is InChI=1S/C20H16N6/c21-19(17-11-9-13-5-1-3-7-15(13)23-17)25-26-20(22)18-12-10-14-6-2-4-8-16(14)24-18/h1-12H,(H2,21,25)(H2,22,26). The van der Waals surface area contributed by atoms with E-state index in [1.807, 2.05) is 60.7 Å². The van der Waals surface area contributed by atoms with Gasteiger partial charge in [-0.15, -0.1) is 10.2 Å². The Bertz CT molecular complexity index is 1070. The first-order valence-corrected chi connectivity index (χ1v) is 8.10. The van der Waals surface area contributed by atoms with Gasteiger partial charge in [-0.05, 0) is 24.3 Å². The summed E-state index contributed by atoms with van der Waals surface area (Å²) in [7, 11) is 0. The number of nitrogens with two attached hydrogens (primary N) is 2. The van der Waals surface area contributed by atoms with Crippen molar-refractivity contribution in [2.75, 3.05) is 0 Å². The predicted octanol–water partition coefficient (Wildman–Crippen LogP) is 2.81. The van der Waals surface area contributed by atoms with Crippen molar-refractivity contribution < 1.29 is 0 Å². The van der Waals surface area contributed by atoms with E-state index in [0.29, 0.717) is 11.4 Å². The molecule has 0 aliphatic carbocycles. The number of hydrogen-bond acceptors (Lipinski definition) is 4. The Balaban J connectivity index is 1.64. The van der Waals surface area contributed by atoms with Crippen LogP contribution in [0.3, 0.4) is 0 Å². The minimum absolute atomic E-state index is 0.194. The Morgan fingerprint density at radius 1 is 0.577 bits per heavy atom. The average molecular weight is 340 g/mol. The lowest BCUT2D eigenvalue weighted by Gasteiger charge is -2.02. The molecule has 0 spiro atoms. The third-order valence-electron chi connectivity index (χ3n) is 3.99. The van der Waals surface area contributed by atoms with Crippen molar-refractivity contribution in [1.82, 2.24) is 9.97 Å². The monoisotopic (exact) mass is 340 g/mol. The molecule has 0 atom stereocenters. The highest BCUT2D eigenvalue weighted by Crippen LogP contribution is 2.13. The van der Waals surface area contributed by atoms with Gasteiger partial charge in [-0.2, -0.15) is 0 Å². The fourth-order valence-electron chi connectivity index (χ4n) is 2.63.